The molecule has 3 heteroatoms. The average molecular weight is 195 g/mol. The van der Waals surface area contributed by atoms with Crippen LogP contribution in [0.5, 0.6) is 0 Å². The largest absolute Gasteiger partial charge is 0.478 e. The molecule has 0 heterocycles. The van der Waals surface area contributed by atoms with E-state index in [9.17, 15) is 4.79 Å². The van der Waals surface area contributed by atoms with Crippen LogP contribution in [0.25, 0.3) is 0 Å². The van der Waals surface area contributed by atoms with Crippen LogP contribution in [-0.4, -0.2) is 17.6 Å². The summed E-state index contributed by atoms with van der Waals surface area (Å²) in [6, 6.07) is 8.30. The summed E-state index contributed by atoms with van der Waals surface area (Å²) in [5.74, 6) is -0.879. The van der Waals surface area contributed by atoms with Crippen LogP contribution < -0.4 is 5.73 Å². The van der Waals surface area contributed by atoms with Gasteiger partial charge in [-0.15, -0.1) is 0 Å². The van der Waals surface area contributed by atoms with Gasteiger partial charge in [0.05, 0.1) is 5.56 Å². The average Bonchev–Trinajstić information content (AvgIpc) is 2.21. The number of carboxylic acid groups (broad SMARTS) is 1. The SMILES string of the molecule is CCCCN.O=C(O)c1ccccc1. The molecule has 0 saturated carbocycles. The lowest BCUT2D eigenvalue weighted by molar-refractivity contribution is 0.0697. The first-order valence-electron chi connectivity index (χ1n) is 4.70. The van der Waals surface area contributed by atoms with Crippen molar-refractivity contribution in [3.8, 4) is 0 Å². The first kappa shape index (κ1) is 12.7. The highest BCUT2D eigenvalue weighted by Crippen LogP contribution is 1.96. The molecule has 0 bridgehead atoms. The number of benzene rings is 1. The van der Waals surface area contributed by atoms with Crippen molar-refractivity contribution >= 4 is 5.97 Å². The first-order valence-corrected chi connectivity index (χ1v) is 4.70. The molecule has 3 nitrogen and oxygen atoms in total. The minimum Gasteiger partial charge on any atom is -0.478 e. The summed E-state index contributed by atoms with van der Waals surface area (Å²) in [5.41, 5.74) is 5.47. The molecule has 0 aliphatic heterocycles. The van der Waals surface area contributed by atoms with Gasteiger partial charge in [-0.3, -0.25) is 0 Å². The molecule has 1 aromatic rings. The van der Waals surface area contributed by atoms with Crippen molar-refractivity contribution in [3.63, 3.8) is 0 Å². The third-order valence-corrected chi connectivity index (χ3v) is 1.58. The van der Waals surface area contributed by atoms with Gasteiger partial charge >= 0.3 is 5.97 Å². The Morgan fingerprint density at radius 1 is 1.36 bits per heavy atom. The summed E-state index contributed by atoms with van der Waals surface area (Å²) in [7, 11) is 0. The molecular formula is C11H17NO2. The molecule has 0 fully saturated rings. The number of aromatic carboxylic acids is 1. The Labute approximate surface area is 84.6 Å². The van der Waals surface area contributed by atoms with Crippen LogP contribution in [0.3, 0.4) is 0 Å². The summed E-state index contributed by atoms with van der Waals surface area (Å²) < 4.78 is 0. The molecule has 0 unspecified atom stereocenters. The maximum atomic E-state index is 10.2. The molecule has 0 radical (unpaired) electrons. The first-order chi connectivity index (χ1) is 6.72. The summed E-state index contributed by atoms with van der Waals surface area (Å²) >= 11 is 0. The minimum absolute atomic E-state index is 0.331. The smallest absolute Gasteiger partial charge is 0.335 e. The molecule has 0 aliphatic rings. The molecule has 0 aromatic heterocycles. The van der Waals surface area contributed by atoms with Crippen LogP contribution in [0, 0.1) is 0 Å². The lowest BCUT2D eigenvalue weighted by atomic mass is 10.2. The molecule has 0 aliphatic carbocycles. The Morgan fingerprint density at radius 2 is 1.93 bits per heavy atom. The fraction of sp³-hybridized carbons (Fsp3) is 0.364. The molecular weight excluding hydrogens is 178 g/mol. The number of unbranched alkanes of at least 4 members (excludes halogenated alkanes) is 1. The van der Waals surface area contributed by atoms with Crippen LogP contribution in [0.4, 0.5) is 0 Å². The third-order valence-electron chi connectivity index (χ3n) is 1.58. The predicted molar refractivity (Wildman–Crippen MR) is 57.4 cm³/mol. The molecule has 0 atom stereocenters. The summed E-state index contributed by atoms with van der Waals surface area (Å²) in [6.45, 7) is 2.98. The third kappa shape index (κ3) is 6.20. The van der Waals surface area contributed by atoms with Crippen molar-refractivity contribution in [2.24, 2.45) is 5.73 Å². The van der Waals surface area contributed by atoms with E-state index in [0.717, 1.165) is 6.54 Å². The molecule has 0 saturated heterocycles. The molecule has 14 heavy (non-hydrogen) atoms. The van der Waals surface area contributed by atoms with Crippen molar-refractivity contribution in [3.05, 3.63) is 35.9 Å². The van der Waals surface area contributed by atoms with E-state index in [2.05, 4.69) is 6.92 Å². The van der Waals surface area contributed by atoms with E-state index in [1.807, 2.05) is 0 Å². The molecule has 0 spiro atoms. The normalized spacial score (nSPS) is 8.71. The van der Waals surface area contributed by atoms with Gasteiger partial charge in [-0.25, -0.2) is 4.79 Å². The van der Waals surface area contributed by atoms with E-state index >= 15 is 0 Å². The van der Waals surface area contributed by atoms with E-state index < -0.39 is 5.97 Å². The second kappa shape index (κ2) is 8.26. The Morgan fingerprint density at radius 3 is 2.14 bits per heavy atom. The zero-order chi connectivity index (χ0) is 10.8. The summed E-state index contributed by atoms with van der Waals surface area (Å²) in [4.78, 5) is 10.2. The molecule has 3 N–H and O–H groups in total. The van der Waals surface area contributed by atoms with Crippen LogP contribution in [0.15, 0.2) is 30.3 Å². The van der Waals surface area contributed by atoms with Crippen molar-refractivity contribution in [1.82, 2.24) is 0 Å². The van der Waals surface area contributed by atoms with Gasteiger partial charge in [0.1, 0.15) is 0 Å². The van der Waals surface area contributed by atoms with Crippen molar-refractivity contribution in [1.29, 1.82) is 0 Å². The lowest BCUT2D eigenvalue weighted by Crippen LogP contribution is -1.95. The van der Waals surface area contributed by atoms with Gasteiger partial charge in [0.2, 0.25) is 0 Å². The Hall–Kier alpha value is -1.35. The van der Waals surface area contributed by atoms with Gasteiger partial charge in [0.15, 0.2) is 0 Å². The van der Waals surface area contributed by atoms with E-state index in [-0.39, 0.29) is 0 Å². The van der Waals surface area contributed by atoms with E-state index in [0.29, 0.717) is 5.56 Å². The fourth-order valence-corrected chi connectivity index (χ4v) is 0.785. The van der Waals surface area contributed by atoms with Crippen molar-refractivity contribution in [2.45, 2.75) is 19.8 Å². The van der Waals surface area contributed by atoms with Crippen LogP contribution in [-0.2, 0) is 0 Å². The number of rotatable bonds is 3. The summed E-state index contributed by atoms with van der Waals surface area (Å²) in [6.07, 6.45) is 2.39. The van der Waals surface area contributed by atoms with E-state index in [1.54, 1.807) is 30.3 Å². The maximum Gasteiger partial charge on any atom is 0.335 e. The number of nitrogens with two attached hydrogens (primary N) is 1. The highest BCUT2D eigenvalue weighted by molar-refractivity contribution is 5.87. The number of carbonyl (C=O) groups is 1. The number of hydrogen-bond donors (Lipinski definition) is 2. The fourth-order valence-electron chi connectivity index (χ4n) is 0.785. The molecule has 1 aromatic carbocycles. The monoisotopic (exact) mass is 195 g/mol. The summed E-state index contributed by atoms with van der Waals surface area (Å²) in [5, 5.41) is 8.38. The van der Waals surface area contributed by atoms with Gasteiger partial charge in [0.25, 0.3) is 0 Å². The van der Waals surface area contributed by atoms with Gasteiger partial charge in [-0.05, 0) is 25.1 Å². The van der Waals surface area contributed by atoms with E-state index in [1.165, 1.54) is 12.8 Å². The van der Waals surface area contributed by atoms with Crippen LogP contribution >= 0.6 is 0 Å². The zero-order valence-corrected chi connectivity index (χ0v) is 8.44. The lowest BCUT2D eigenvalue weighted by Gasteiger charge is -1.88. The minimum atomic E-state index is -0.879. The van der Waals surface area contributed by atoms with Gasteiger partial charge in [-0.2, -0.15) is 0 Å². The maximum absolute atomic E-state index is 10.2. The molecule has 1 rings (SSSR count). The molecule has 78 valence electrons. The number of carboxylic acids is 1. The highest BCUT2D eigenvalue weighted by Gasteiger charge is 1.96. The van der Waals surface area contributed by atoms with Crippen molar-refractivity contribution in [2.75, 3.05) is 6.54 Å². The molecule has 0 amide bonds. The highest BCUT2D eigenvalue weighted by atomic mass is 16.4. The second-order valence-corrected chi connectivity index (χ2v) is 2.81. The predicted octanol–water partition coefficient (Wildman–Crippen LogP) is 2.13. The Kier molecular flexibility index (Phi) is 7.46. The second-order valence-electron chi connectivity index (χ2n) is 2.81. The number of hydrogen-bond acceptors (Lipinski definition) is 2. The quantitative estimate of drug-likeness (QED) is 0.776. The Balaban J connectivity index is 0.000000292. The van der Waals surface area contributed by atoms with E-state index in [4.69, 9.17) is 10.8 Å². The Bertz CT molecular complexity index is 245. The standard InChI is InChI=1S/C7H6O2.C4H11N/c8-7(9)6-4-2-1-3-5-6;1-2-3-4-5/h1-5H,(H,8,9);2-5H2,1H3. The van der Waals surface area contributed by atoms with Gasteiger partial charge < -0.3 is 10.8 Å². The topological polar surface area (TPSA) is 63.3 Å². The van der Waals surface area contributed by atoms with Gasteiger partial charge in [0, 0.05) is 0 Å². The van der Waals surface area contributed by atoms with Crippen molar-refractivity contribution < 1.29 is 9.90 Å². The van der Waals surface area contributed by atoms with Gasteiger partial charge in [-0.1, -0.05) is 31.5 Å². The zero-order valence-electron chi connectivity index (χ0n) is 8.44. The van der Waals surface area contributed by atoms with Crippen LogP contribution in [0.1, 0.15) is 30.1 Å². The van der Waals surface area contributed by atoms with Crippen LogP contribution in [0.2, 0.25) is 0 Å².